The molecule has 9 nitrogen and oxygen atoms in total. The molecule has 0 bridgehead atoms. The number of alkyl halides is 1. The molecule has 0 unspecified atom stereocenters. The number of aliphatic hydroxyl groups is 2. The zero-order chi connectivity index (χ0) is 25.2. The van der Waals surface area contributed by atoms with E-state index in [1.165, 1.54) is 26.2 Å². The molecule has 10 heteroatoms. The van der Waals surface area contributed by atoms with Gasteiger partial charge in [0.15, 0.2) is 0 Å². The van der Waals surface area contributed by atoms with Crippen LogP contribution >= 0.6 is 0 Å². The molecule has 1 atom stereocenters. The molecule has 3 aromatic heterocycles. The van der Waals surface area contributed by atoms with Crippen LogP contribution in [-0.4, -0.2) is 61.2 Å². The van der Waals surface area contributed by atoms with Gasteiger partial charge in [0.25, 0.3) is 5.91 Å². The summed E-state index contributed by atoms with van der Waals surface area (Å²) in [7, 11) is 0. The first kappa shape index (κ1) is 24.6. The number of nitriles is 1. The number of pyridine rings is 1. The molecule has 1 aliphatic carbocycles. The van der Waals surface area contributed by atoms with E-state index in [0.717, 1.165) is 18.4 Å². The van der Waals surface area contributed by atoms with Gasteiger partial charge in [-0.15, -0.1) is 0 Å². The van der Waals surface area contributed by atoms with Gasteiger partial charge in [-0.1, -0.05) is 0 Å². The van der Waals surface area contributed by atoms with E-state index in [9.17, 15) is 19.4 Å². The fraction of sp³-hybridized carbons (Fsp3) is 0.440. The van der Waals surface area contributed by atoms with Crippen LogP contribution in [0, 0.1) is 11.3 Å². The molecule has 4 rings (SSSR count). The topological polar surface area (TPSA) is 136 Å². The van der Waals surface area contributed by atoms with Gasteiger partial charge in [0.2, 0.25) is 0 Å². The highest BCUT2D eigenvalue weighted by atomic mass is 19.1. The zero-order valence-electron chi connectivity index (χ0n) is 19.7. The molecule has 0 radical (unpaired) electrons. The molecule has 0 aliphatic heterocycles. The number of hydrogen-bond acceptors (Lipinski definition) is 7. The van der Waals surface area contributed by atoms with Crippen molar-refractivity contribution < 1.29 is 19.4 Å². The minimum Gasteiger partial charge on any atom is -0.393 e. The van der Waals surface area contributed by atoms with Crippen molar-refractivity contribution in [2.24, 2.45) is 0 Å². The molecule has 0 aromatic carbocycles. The molecular formula is C25H29FN6O3. The number of amides is 1. The van der Waals surface area contributed by atoms with Crippen molar-refractivity contribution in [3.05, 3.63) is 47.8 Å². The largest absolute Gasteiger partial charge is 0.393 e. The Morgan fingerprint density at radius 3 is 2.71 bits per heavy atom. The second kappa shape index (κ2) is 9.98. The number of anilines is 1. The number of carbonyl (C=O) groups is 1. The van der Waals surface area contributed by atoms with Crippen LogP contribution in [0.15, 0.2) is 36.7 Å². The third kappa shape index (κ3) is 5.58. The summed E-state index contributed by atoms with van der Waals surface area (Å²) < 4.78 is 15.9. The Balaban J connectivity index is 1.65. The lowest BCUT2D eigenvalue weighted by molar-refractivity contribution is -0.00177. The number of fused-ring (bicyclic) bond motifs is 1. The van der Waals surface area contributed by atoms with Crippen molar-refractivity contribution >= 4 is 17.1 Å². The zero-order valence-corrected chi connectivity index (χ0v) is 19.7. The second-order valence-corrected chi connectivity index (χ2v) is 9.51. The lowest BCUT2D eigenvalue weighted by Crippen LogP contribution is -2.42. The maximum absolute atomic E-state index is 14.2. The quantitative estimate of drug-likeness (QED) is 0.408. The molecule has 3 aromatic rings. The van der Waals surface area contributed by atoms with Gasteiger partial charge >= 0.3 is 0 Å². The maximum Gasteiger partial charge on any atom is 0.255 e. The summed E-state index contributed by atoms with van der Waals surface area (Å²) in [4.78, 5) is 17.4. The number of aromatic nitrogens is 3. The summed E-state index contributed by atoms with van der Waals surface area (Å²) in [6.07, 6.45) is 3.79. The van der Waals surface area contributed by atoms with Crippen LogP contribution in [0.4, 0.5) is 10.1 Å². The van der Waals surface area contributed by atoms with Gasteiger partial charge in [-0.2, -0.15) is 10.4 Å². The van der Waals surface area contributed by atoms with Gasteiger partial charge < -0.3 is 20.8 Å². The van der Waals surface area contributed by atoms with Crippen LogP contribution < -0.4 is 10.6 Å². The highest BCUT2D eigenvalue weighted by Crippen LogP contribution is 2.28. The van der Waals surface area contributed by atoms with Gasteiger partial charge in [-0.05, 0) is 63.8 Å². The van der Waals surface area contributed by atoms with Crippen molar-refractivity contribution in [3.63, 3.8) is 0 Å². The summed E-state index contributed by atoms with van der Waals surface area (Å²) in [6.45, 7) is 2.36. The molecule has 1 aliphatic rings. The molecule has 0 saturated heterocycles. The van der Waals surface area contributed by atoms with Gasteiger partial charge in [-0.3, -0.25) is 9.78 Å². The number of aliphatic hydroxyl groups excluding tert-OH is 1. The van der Waals surface area contributed by atoms with Crippen LogP contribution in [0.5, 0.6) is 0 Å². The Bertz CT molecular complexity index is 1250. The number of nitrogens with zero attached hydrogens (tertiary/aromatic N) is 4. The van der Waals surface area contributed by atoms with E-state index in [4.69, 9.17) is 5.26 Å². The van der Waals surface area contributed by atoms with Gasteiger partial charge in [-0.25, -0.2) is 8.91 Å². The molecular weight excluding hydrogens is 451 g/mol. The number of halogens is 1. The van der Waals surface area contributed by atoms with Gasteiger partial charge in [0, 0.05) is 12.2 Å². The lowest BCUT2D eigenvalue weighted by Gasteiger charge is -2.28. The lowest BCUT2D eigenvalue weighted by atomic mass is 9.93. The number of nitrogens with one attached hydrogen (secondary N) is 2. The average molecular weight is 481 g/mol. The van der Waals surface area contributed by atoms with E-state index in [1.807, 2.05) is 12.1 Å². The van der Waals surface area contributed by atoms with Gasteiger partial charge in [0.1, 0.15) is 12.2 Å². The summed E-state index contributed by atoms with van der Waals surface area (Å²) in [5.41, 5.74) is 1.65. The molecule has 1 fully saturated rings. The number of rotatable bonds is 7. The predicted octanol–water partition coefficient (Wildman–Crippen LogP) is 2.82. The Kier molecular flexibility index (Phi) is 7.00. The number of carbonyl (C=O) groups excluding carboxylic acids is 1. The Labute approximate surface area is 202 Å². The van der Waals surface area contributed by atoms with Crippen LogP contribution in [0.25, 0.3) is 16.9 Å². The Morgan fingerprint density at radius 2 is 2.03 bits per heavy atom. The minimum absolute atomic E-state index is 0.0610. The summed E-state index contributed by atoms with van der Waals surface area (Å²) in [6, 6.07) is 9.28. The van der Waals surface area contributed by atoms with E-state index < -0.39 is 17.7 Å². The van der Waals surface area contributed by atoms with Gasteiger partial charge in [0.05, 0.1) is 58.2 Å². The van der Waals surface area contributed by atoms with E-state index in [-0.39, 0.29) is 24.3 Å². The summed E-state index contributed by atoms with van der Waals surface area (Å²) >= 11 is 0. The van der Waals surface area contributed by atoms with E-state index in [1.54, 1.807) is 16.6 Å². The molecule has 0 spiro atoms. The minimum atomic E-state index is -1.63. The molecule has 1 amide bonds. The van der Waals surface area contributed by atoms with Crippen LogP contribution in [0.3, 0.4) is 0 Å². The Hall–Kier alpha value is -3.55. The fourth-order valence-electron chi connectivity index (χ4n) is 4.12. The number of hydrogen-bond donors (Lipinski definition) is 4. The molecule has 35 heavy (non-hydrogen) atoms. The second-order valence-electron chi connectivity index (χ2n) is 9.51. The standard InChI is InChI=1S/C25H29FN6O3/c1-25(2,35)23(26)14-29-24(34)19-13-28-21(10-20(19)31-16-3-6-18(33)7-4-16)22-8-5-17-9-15(11-27)12-30-32(17)22/h5,8-10,12-13,16,18,23,33,35H,3-4,6-7,14H2,1-2H3,(H,28,31)(H,29,34)/t16?,18?,23-/m1/s1. The van der Waals surface area contributed by atoms with E-state index >= 15 is 0 Å². The van der Waals surface area contributed by atoms with Crippen LogP contribution in [0.1, 0.15) is 55.5 Å². The third-order valence-corrected chi connectivity index (χ3v) is 6.31. The first-order chi connectivity index (χ1) is 16.7. The monoisotopic (exact) mass is 480 g/mol. The van der Waals surface area contributed by atoms with E-state index in [0.29, 0.717) is 35.5 Å². The molecule has 3 heterocycles. The smallest absolute Gasteiger partial charge is 0.255 e. The molecule has 4 N–H and O–H groups in total. The van der Waals surface area contributed by atoms with Crippen LogP contribution in [0.2, 0.25) is 0 Å². The van der Waals surface area contributed by atoms with Crippen molar-refractivity contribution in [3.8, 4) is 17.5 Å². The fourth-order valence-corrected chi connectivity index (χ4v) is 4.12. The summed E-state index contributed by atoms with van der Waals surface area (Å²) in [5.74, 6) is -0.508. The summed E-state index contributed by atoms with van der Waals surface area (Å²) in [5, 5.41) is 39.1. The van der Waals surface area contributed by atoms with Crippen molar-refractivity contribution in [2.75, 3.05) is 11.9 Å². The molecule has 184 valence electrons. The highest BCUT2D eigenvalue weighted by Gasteiger charge is 2.28. The maximum atomic E-state index is 14.2. The SMILES string of the molecule is CC(C)(O)[C@H](F)CNC(=O)c1cnc(-c2ccc3cc(C#N)cnn23)cc1NC1CCC(O)CC1. The Morgan fingerprint density at radius 1 is 1.29 bits per heavy atom. The van der Waals surface area contributed by atoms with Crippen molar-refractivity contribution in [1.82, 2.24) is 19.9 Å². The highest BCUT2D eigenvalue weighted by molar-refractivity contribution is 6.00. The van der Waals surface area contributed by atoms with Crippen LogP contribution in [-0.2, 0) is 0 Å². The van der Waals surface area contributed by atoms with E-state index in [2.05, 4.69) is 26.8 Å². The third-order valence-electron chi connectivity index (χ3n) is 6.31. The van der Waals surface area contributed by atoms with Crippen molar-refractivity contribution in [2.45, 2.75) is 63.4 Å². The normalized spacial score (nSPS) is 19.2. The first-order valence-electron chi connectivity index (χ1n) is 11.6. The first-order valence-corrected chi connectivity index (χ1v) is 11.6. The average Bonchev–Trinajstić information content (AvgIpc) is 3.26. The predicted molar refractivity (Wildman–Crippen MR) is 129 cm³/mol. The molecule has 1 saturated carbocycles. The van der Waals surface area contributed by atoms with Crippen molar-refractivity contribution in [1.29, 1.82) is 5.26 Å².